The van der Waals surface area contributed by atoms with E-state index in [0.717, 1.165) is 11.0 Å². The van der Waals surface area contributed by atoms with E-state index in [1.165, 1.54) is 18.2 Å². The molecule has 2 aromatic carbocycles. The lowest BCUT2D eigenvalue weighted by atomic mass is 10.2. The highest BCUT2D eigenvalue weighted by molar-refractivity contribution is 7.90. The van der Waals surface area contributed by atoms with Gasteiger partial charge in [-0.25, -0.2) is 4.98 Å². The Hall–Kier alpha value is -3.12. The topological polar surface area (TPSA) is 65.5 Å². The van der Waals surface area contributed by atoms with Crippen molar-refractivity contribution in [3.8, 4) is 17.4 Å². The zero-order valence-corrected chi connectivity index (χ0v) is 14.0. The molecule has 5 nitrogen and oxygen atoms in total. The minimum absolute atomic E-state index is 0.200. The van der Waals surface area contributed by atoms with Gasteiger partial charge in [-0.15, -0.1) is 0 Å². The van der Waals surface area contributed by atoms with E-state index in [-0.39, 0.29) is 5.75 Å². The first-order valence-electron chi connectivity index (χ1n) is 7.47. The highest BCUT2D eigenvalue weighted by Gasteiger charge is 2.08. The number of nitrogens with zero attached hydrogens (tertiary/aromatic N) is 1. The normalized spacial score (nSPS) is 11.4. The second kappa shape index (κ2) is 7.63. The molecular weight excluding hydrogens is 338 g/mol. The van der Waals surface area contributed by atoms with E-state index in [9.17, 15) is 8.42 Å². The maximum atomic E-state index is 12.0. The van der Waals surface area contributed by atoms with Gasteiger partial charge in [0.2, 0.25) is 5.88 Å². The van der Waals surface area contributed by atoms with Crippen LogP contribution in [0.1, 0.15) is 5.56 Å². The van der Waals surface area contributed by atoms with Crippen LogP contribution in [0.15, 0.2) is 84.4 Å². The van der Waals surface area contributed by atoms with Crippen LogP contribution in [-0.2, 0) is 10.1 Å². The van der Waals surface area contributed by atoms with E-state index in [0.29, 0.717) is 11.6 Å². The first-order chi connectivity index (χ1) is 12.1. The van der Waals surface area contributed by atoms with Crippen molar-refractivity contribution in [2.24, 2.45) is 0 Å². The number of pyridine rings is 1. The van der Waals surface area contributed by atoms with Gasteiger partial charge in [0, 0.05) is 12.3 Å². The molecule has 0 amide bonds. The molecule has 0 spiro atoms. The number of hydrogen-bond acceptors (Lipinski definition) is 5. The molecule has 0 aliphatic carbocycles. The van der Waals surface area contributed by atoms with Gasteiger partial charge in [-0.1, -0.05) is 36.4 Å². The molecule has 25 heavy (non-hydrogen) atoms. The molecular formula is C19H15NO4S. The zero-order valence-electron chi connectivity index (χ0n) is 13.1. The SMILES string of the molecule is O=S(=O)(/C=C/c1ccccc1)Oc1ccc(Oc2ccccn2)cc1. The molecule has 0 N–H and O–H groups in total. The Bertz CT molecular complexity index is 938. The van der Waals surface area contributed by atoms with E-state index >= 15 is 0 Å². The molecule has 1 aromatic heterocycles. The Morgan fingerprint density at radius 1 is 0.800 bits per heavy atom. The highest BCUT2D eigenvalue weighted by atomic mass is 32.2. The summed E-state index contributed by atoms with van der Waals surface area (Å²) >= 11 is 0. The average molecular weight is 353 g/mol. The molecule has 3 aromatic rings. The molecule has 0 radical (unpaired) electrons. The lowest BCUT2D eigenvalue weighted by Crippen LogP contribution is -2.04. The van der Waals surface area contributed by atoms with E-state index in [4.69, 9.17) is 8.92 Å². The average Bonchev–Trinajstić information content (AvgIpc) is 2.63. The lowest BCUT2D eigenvalue weighted by Gasteiger charge is -2.06. The van der Waals surface area contributed by atoms with Crippen molar-refractivity contribution in [1.29, 1.82) is 0 Å². The number of benzene rings is 2. The molecule has 0 aliphatic heterocycles. The summed E-state index contributed by atoms with van der Waals surface area (Å²) in [5.74, 6) is 1.18. The largest absolute Gasteiger partial charge is 0.439 e. The molecule has 3 rings (SSSR count). The molecule has 0 saturated heterocycles. The van der Waals surface area contributed by atoms with Crippen molar-refractivity contribution in [2.75, 3.05) is 0 Å². The van der Waals surface area contributed by atoms with Crippen LogP contribution >= 0.6 is 0 Å². The van der Waals surface area contributed by atoms with Crippen LogP contribution in [0.2, 0.25) is 0 Å². The quantitative estimate of drug-likeness (QED) is 0.620. The second-order valence-electron chi connectivity index (χ2n) is 5.03. The molecule has 0 saturated carbocycles. The van der Waals surface area contributed by atoms with E-state index in [2.05, 4.69) is 4.98 Å². The van der Waals surface area contributed by atoms with Crippen LogP contribution in [-0.4, -0.2) is 13.4 Å². The Balaban J connectivity index is 1.65. The van der Waals surface area contributed by atoms with E-state index in [1.807, 2.05) is 24.3 Å². The van der Waals surface area contributed by atoms with Crippen molar-refractivity contribution in [3.05, 3.63) is 90.0 Å². The van der Waals surface area contributed by atoms with Gasteiger partial charge in [0.15, 0.2) is 0 Å². The van der Waals surface area contributed by atoms with Gasteiger partial charge in [0.25, 0.3) is 0 Å². The van der Waals surface area contributed by atoms with E-state index < -0.39 is 10.1 Å². The standard InChI is InChI=1S/C19H15NO4S/c21-25(22,15-13-16-6-2-1-3-7-16)24-18-11-9-17(10-12-18)23-19-8-4-5-14-20-19/h1-15H/b15-13+. The third-order valence-electron chi connectivity index (χ3n) is 3.12. The molecule has 0 fully saturated rings. The minimum Gasteiger partial charge on any atom is -0.439 e. The molecule has 0 aliphatic rings. The lowest BCUT2D eigenvalue weighted by molar-refractivity contribution is 0.460. The van der Waals surface area contributed by atoms with Crippen molar-refractivity contribution >= 4 is 16.2 Å². The molecule has 1 heterocycles. The first-order valence-corrected chi connectivity index (χ1v) is 8.94. The van der Waals surface area contributed by atoms with Crippen molar-refractivity contribution in [3.63, 3.8) is 0 Å². The first kappa shape index (κ1) is 16.7. The van der Waals surface area contributed by atoms with Crippen LogP contribution < -0.4 is 8.92 Å². The predicted molar refractivity (Wildman–Crippen MR) is 95.8 cm³/mol. The monoisotopic (exact) mass is 353 g/mol. The summed E-state index contributed by atoms with van der Waals surface area (Å²) in [7, 11) is -3.84. The number of ether oxygens (including phenoxy) is 1. The smallest absolute Gasteiger partial charge is 0.332 e. The van der Waals surface area contributed by atoms with Gasteiger partial charge in [0.1, 0.15) is 11.5 Å². The Morgan fingerprint density at radius 3 is 2.16 bits per heavy atom. The molecule has 0 atom stereocenters. The van der Waals surface area contributed by atoms with Crippen molar-refractivity contribution in [1.82, 2.24) is 4.98 Å². The molecule has 6 heteroatoms. The third-order valence-corrected chi connectivity index (χ3v) is 4.02. The fourth-order valence-corrected chi connectivity index (χ4v) is 2.74. The van der Waals surface area contributed by atoms with Gasteiger partial charge in [-0.05, 0) is 42.0 Å². The minimum atomic E-state index is -3.84. The van der Waals surface area contributed by atoms with Gasteiger partial charge in [-0.3, -0.25) is 0 Å². The summed E-state index contributed by atoms with van der Waals surface area (Å²) < 4.78 is 34.6. The summed E-state index contributed by atoms with van der Waals surface area (Å²) in [6, 6.07) is 20.7. The maximum absolute atomic E-state index is 12.0. The summed E-state index contributed by atoms with van der Waals surface area (Å²) in [6.07, 6.45) is 3.10. The molecule has 0 unspecified atom stereocenters. The highest BCUT2D eigenvalue weighted by Crippen LogP contribution is 2.23. The Labute approximate surface area is 146 Å². The van der Waals surface area contributed by atoms with Crippen molar-refractivity contribution in [2.45, 2.75) is 0 Å². The number of aromatic nitrogens is 1. The summed E-state index contributed by atoms with van der Waals surface area (Å²) in [5.41, 5.74) is 0.772. The van der Waals surface area contributed by atoms with Gasteiger partial charge >= 0.3 is 10.1 Å². The summed E-state index contributed by atoms with van der Waals surface area (Å²) in [5, 5.41) is 1.03. The Kier molecular flexibility index (Phi) is 5.11. The number of rotatable bonds is 6. The molecule has 126 valence electrons. The van der Waals surface area contributed by atoms with Crippen LogP contribution in [0.3, 0.4) is 0 Å². The van der Waals surface area contributed by atoms with Crippen LogP contribution in [0.25, 0.3) is 6.08 Å². The number of hydrogen-bond donors (Lipinski definition) is 0. The zero-order chi connectivity index (χ0) is 17.5. The predicted octanol–water partition coefficient (Wildman–Crippen LogP) is 4.25. The van der Waals surface area contributed by atoms with Gasteiger partial charge in [0.05, 0.1) is 5.41 Å². The van der Waals surface area contributed by atoms with E-state index in [1.54, 1.807) is 42.6 Å². The van der Waals surface area contributed by atoms with Crippen LogP contribution in [0, 0.1) is 0 Å². The Morgan fingerprint density at radius 2 is 1.48 bits per heavy atom. The van der Waals surface area contributed by atoms with Crippen molar-refractivity contribution < 1.29 is 17.3 Å². The fourth-order valence-electron chi connectivity index (χ4n) is 1.98. The van der Waals surface area contributed by atoms with Gasteiger partial charge < -0.3 is 8.92 Å². The fraction of sp³-hybridized carbons (Fsp3) is 0. The van der Waals surface area contributed by atoms with Crippen LogP contribution in [0.5, 0.6) is 17.4 Å². The third kappa shape index (κ3) is 5.19. The molecule has 0 bridgehead atoms. The van der Waals surface area contributed by atoms with Gasteiger partial charge in [-0.2, -0.15) is 8.42 Å². The summed E-state index contributed by atoms with van der Waals surface area (Å²) in [4.78, 5) is 4.05. The van der Waals surface area contributed by atoms with Crippen LogP contribution in [0.4, 0.5) is 0 Å². The summed E-state index contributed by atoms with van der Waals surface area (Å²) in [6.45, 7) is 0. The maximum Gasteiger partial charge on any atom is 0.332 e. The second-order valence-corrected chi connectivity index (χ2v) is 6.46.